The summed E-state index contributed by atoms with van der Waals surface area (Å²) in [6.07, 6.45) is 1.34. The Morgan fingerprint density at radius 1 is 1.25 bits per heavy atom. The summed E-state index contributed by atoms with van der Waals surface area (Å²) in [7, 11) is 0. The molecule has 3 aromatic rings. The maximum Gasteiger partial charge on any atom is 0.273 e. The molecule has 3 heterocycles. The van der Waals surface area contributed by atoms with Crippen LogP contribution in [0.4, 0.5) is 0 Å². The van der Waals surface area contributed by atoms with Gasteiger partial charge in [0.2, 0.25) is 6.39 Å². The Morgan fingerprint density at radius 3 is 2.71 bits per heavy atom. The van der Waals surface area contributed by atoms with Crippen LogP contribution >= 0.6 is 11.3 Å². The lowest BCUT2D eigenvalue weighted by Crippen LogP contribution is -2.29. The fourth-order valence-electron chi connectivity index (χ4n) is 3.24. The number of carbonyl (C=O) groups is 1. The Hall–Kier alpha value is -2.54. The van der Waals surface area contributed by atoms with Gasteiger partial charge >= 0.3 is 0 Å². The summed E-state index contributed by atoms with van der Waals surface area (Å²) in [5.74, 6) is 0.780. The molecule has 1 amide bonds. The number of likely N-dealkylation sites (tertiary alicyclic amines) is 1. The van der Waals surface area contributed by atoms with E-state index in [2.05, 4.69) is 27.3 Å². The van der Waals surface area contributed by atoms with E-state index in [9.17, 15) is 4.79 Å². The molecule has 2 aromatic heterocycles. The van der Waals surface area contributed by atoms with Crippen LogP contribution in [-0.4, -0.2) is 39.0 Å². The van der Waals surface area contributed by atoms with E-state index in [1.54, 1.807) is 0 Å². The molecule has 24 heavy (non-hydrogen) atoms. The van der Waals surface area contributed by atoms with Crippen LogP contribution in [0, 0.1) is 6.92 Å². The van der Waals surface area contributed by atoms with Crippen LogP contribution in [0.15, 0.2) is 46.6 Å². The molecule has 0 radical (unpaired) electrons. The second-order valence-electron chi connectivity index (χ2n) is 5.87. The van der Waals surface area contributed by atoms with Gasteiger partial charge in [0, 0.05) is 30.3 Å². The Morgan fingerprint density at radius 2 is 2.04 bits per heavy atom. The average molecular weight is 340 g/mol. The van der Waals surface area contributed by atoms with Gasteiger partial charge in [-0.05, 0) is 12.5 Å². The predicted molar refractivity (Wildman–Crippen MR) is 89.0 cm³/mol. The van der Waals surface area contributed by atoms with Crippen LogP contribution in [0.25, 0.3) is 0 Å². The minimum atomic E-state index is -0.0359. The van der Waals surface area contributed by atoms with Crippen LogP contribution in [-0.2, 0) is 0 Å². The van der Waals surface area contributed by atoms with Gasteiger partial charge in [-0.25, -0.2) is 4.98 Å². The van der Waals surface area contributed by atoms with Crippen molar-refractivity contribution in [3.8, 4) is 0 Å². The summed E-state index contributed by atoms with van der Waals surface area (Å²) < 4.78 is 4.92. The largest absolute Gasteiger partial charge is 0.343 e. The monoisotopic (exact) mass is 340 g/mol. The SMILES string of the molecule is Cc1nc(C(=O)N2C[C@H](c3ncon3)[C@H](c3ccccc3)C2)cs1. The van der Waals surface area contributed by atoms with Crippen molar-refractivity contribution in [2.75, 3.05) is 13.1 Å². The minimum Gasteiger partial charge on any atom is -0.343 e. The molecule has 4 rings (SSSR count). The van der Waals surface area contributed by atoms with E-state index in [1.165, 1.54) is 23.3 Å². The van der Waals surface area contributed by atoms with Gasteiger partial charge in [0.25, 0.3) is 5.91 Å². The zero-order chi connectivity index (χ0) is 16.5. The van der Waals surface area contributed by atoms with Crippen molar-refractivity contribution >= 4 is 17.2 Å². The van der Waals surface area contributed by atoms with Crippen LogP contribution in [0.1, 0.15) is 38.7 Å². The molecule has 0 unspecified atom stereocenters. The maximum absolute atomic E-state index is 12.8. The third kappa shape index (κ3) is 2.71. The first-order chi connectivity index (χ1) is 11.7. The first-order valence-electron chi connectivity index (χ1n) is 7.75. The van der Waals surface area contributed by atoms with Crippen LogP contribution < -0.4 is 0 Å². The molecular weight excluding hydrogens is 324 g/mol. The number of rotatable bonds is 3. The van der Waals surface area contributed by atoms with Crippen molar-refractivity contribution in [3.05, 3.63) is 64.2 Å². The van der Waals surface area contributed by atoms with Gasteiger partial charge in [-0.2, -0.15) is 4.98 Å². The van der Waals surface area contributed by atoms with Gasteiger partial charge in [-0.3, -0.25) is 4.79 Å². The van der Waals surface area contributed by atoms with E-state index in [1.807, 2.05) is 35.4 Å². The normalized spacial score (nSPS) is 20.5. The lowest BCUT2D eigenvalue weighted by molar-refractivity contribution is 0.0783. The number of amides is 1. The molecule has 122 valence electrons. The molecule has 1 fully saturated rings. The maximum atomic E-state index is 12.8. The molecule has 0 spiro atoms. The van der Waals surface area contributed by atoms with Gasteiger partial charge in [0.15, 0.2) is 5.82 Å². The molecule has 1 saturated heterocycles. The second-order valence-corrected chi connectivity index (χ2v) is 6.94. The van der Waals surface area contributed by atoms with Crippen LogP contribution in [0.2, 0.25) is 0 Å². The first-order valence-corrected chi connectivity index (χ1v) is 8.63. The summed E-state index contributed by atoms with van der Waals surface area (Å²) >= 11 is 1.49. The molecule has 7 heteroatoms. The number of aromatic nitrogens is 3. The molecular formula is C17H16N4O2S. The molecule has 1 aromatic carbocycles. The second kappa shape index (κ2) is 6.16. The van der Waals surface area contributed by atoms with E-state index in [-0.39, 0.29) is 17.7 Å². The minimum absolute atomic E-state index is 0.0230. The number of aryl methyl sites for hydroxylation is 1. The highest BCUT2D eigenvalue weighted by molar-refractivity contribution is 7.09. The molecule has 0 N–H and O–H groups in total. The topological polar surface area (TPSA) is 72.1 Å². The van der Waals surface area contributed by atoms with Crippen molar-refractivity contribution in [1.29, 1.82) is 0 Å². The number of benzene rings is 1. The number of hydrogen-bond acceptors (Lipinski definition) is 6. The van der Waals surface area contributed by atoms with Gasteiger partial charge in [0.05, 0.1) is 5.01 Å². The number of nitrogens with zero attached hydrogens (tertiary/aromatic N) is 4. The summed E-state index contributed by atoms with van der Waals surface area (Å²) in [6, 6.07) is 10.2. The highest BCUT2D eigenvalue weighted by Crippen LogP contribution is 2.38. The zero-order valence-electron chi connectivity index (χ0n) is 13.1. The highest BCUT2D eigenvalue weighted by atomic mass is 32.1. The summed E-state index contributed by atoms with van der Waals surface area (Å²) in [5, 5.41) is 6.72. The number of thiazole rings is 1. The Bertz CT molecular complexity index is 831. The van der Waals surface area contributed by atoms with Crippen LogP contribution in [0.3, 0.4) is 0 Å². The quantitative estimate of drug-likeness (QED) is 0.733. The summed E-state index contributed by atoms with van der Waals surface area (Å²) in [5.41, 5.74) is 1.69. The molecule has 6 nitrogen and oxygen atoms in total. The summed E-state index contributed by atoms with van der Waals surface area (Å²) in [6.45, 7) is 3.09. The smallest absolute Gasteiger partial charge is 0.273 e. The van der Waals surface area contributed by atoms with Crippen molar-refractivity contribution in [3.63, 3.8) is 0 Å². The molecule has 1 aliphatic rings. The van der Waals surface area contributed by atoms with E-state index in [0.29, 0.717) is 24.6 Å². The zero-order valence-corrected chi connectivity index (χ0v) is 13.9. The molecule has 2 atom stereocenters. The third-order valence-electron chi connectivity index (χ3n) is 4.38. The average Bonchev–Trinajstić information content (AvgIpc) is 3.35. The number of hydrogen-bond donors (Lipinski definition) is 0. The Labute approximate surface area is 143 Å². The standard InChI is InChI=1S/C17H16N4O2S/c1-11-19-15(9-24-11)17(22)21-7-13(12-5-3-2-4-6-12)14(8-21)16-18-10-23-20-16/h2-6,9-10,13-14H,7-8H2,1H3/t13-,14-/m0/s1. The van der Waals surface area contributed by atoms with Crippen molar-refractivity contribution in [1.82, 2.24) is 20.0 Å². The van der Waals surface area contributed by atoms with E-state index in [4.69, 9.17) is 4.52 Å². The lowest BCUT2D eigenvalue weighted by Gasteiger charge is -2.15. The van der Waals surface area contributed by atoms with Crippen molar-refractivity contribution in [2.24, 2.45) is 0 Å². The van der Waals surface area contributed by atoms with Crippen LogP contribution in [0.5, 0.6) is 0 Å². The predicted octanol–water partition coefficient (Wildman–Crippen LogP) is 2.86. The fraction of sp³-hybridized carbons (Fsp3) is 0.294. The third-order valence-corrected chi connectivity index (χ3v) is 5.16. The van der Waals surface area contributed by atoms with Gasteiger partial charge < -0.3 is 9.42 Å². The van der Waals surface area contributed by atoms with Gasteiger partial charge in [-0.1, -0.05) is 35.5 Å². The Kier molecular flexibility index (Phi) is 3.86. The molecule has 0 bridgehead atoms. The Balaban J connectivity index is 1.64. The van der Waals surface area contributed by atoms with E-state index in [0.717, 1.165) is 5.01 Å². The lowest BCUT2D eigenvalue weighted by atomic mass is 9.88. The van der Waals surface area contributed by atoms with Gasteiger partial charge in [-0.15, -0.1) is 11.3 Å². The first kappa shape index (κ1) is 15.0. The summed E-state index contributed by atoms with van der Waals surface area (Å²) in [4.78, 5) is 23.1. The van der Waals surface area contributed by atoms with Crippen molar-refractivity contribution < 1.29 is 9.32 Å². The molecule has 0 saturated carbocycles. The fourth-order valence-corrected chi connectivity index (χ4v) is 3.82. The molecule has 0 aliphatic carbocycles. The highest BCUT2D eigenvalue weighted by Gasteiger charge is 2.39. The van der Waals surface area contributed by atoms with Gasteiger partial charge in [0.1, 0.15) is 5.69 Å². The van der Waals surface area contributed by atoms with Crippen molar-refractivity contribution in [2.45, 2.75) is 18.8 Å². The van der Waals surface area contributed by atoms with E-state index < -0.39 is 0 Å². The molecule has 1 aliphatic heterocycles. The van der Waals surface area contributed by atoms with E-state index >= 15 is 0 Å². The number of carbonyl (C=O) groups excluding carboxylic acids is 1.